The maximum Gasteiger partial charge on any atom is 0.410 e. The van der Waals surface area contributed by atoms with E-state index in [2.05, 4.69) is 0 Å². The summed E-state index contributed by atoms with van der Waals surface area (Å²) in [5, 5.41) is 0.998. The second kappa shape index (κ2) is 6.88. The fourth-order valence-corrected chi connectivity index (χ4v) is 6.20. The second-order valence-corrected chi connectivity index (χ2v) is 9.58. The van der Waals surface area contributed by atoms with Gasteiger partial charge in [0.05, 0.1) is 6.61 Å². The van der Waals surface area contributed by atoms with Crippen LogP contribution in [-0.4, -0.2) is 31.2 Å². The summed E-state index contributed by atoms with van der Waals surface area (Å²) < 4.78 is 32.3. The number of rotatable bonds is 3. The molecule has 0 aromatic heterocycles. The predicted molar refractivity (Wildman–Crippen MR) is 94.4 cm³/mol. The van der Waals surface area contributed by atoms with Gasteiger partial charge in [-0.25, -0.2) is 4.57 Å². The number of benzene rings is 1. The Morgan fingerprint density at radius 1 is 1.33 bits per heavy atom. The molecule has 0 amide bonds. The predicted octanol–water partition coefficient (Wildman–Crippen LogP) is 5.28. The van der Waals surface area contributed by atoms with Crippen LogP contribution in [0.3, 0.4) is 0 Å². The van der Waals surface area contributed by atoms with Crippen molar-refractivity contribution >= 4 is 30.9 Å². The van der Waals surface area contributed by atoms with Crippen LogP contribution in [0.2, 0.25) is 10.0 Å². The third kappa shape index (κ3) is 3.28. The Labute approximate surface area is 152 Å². The average Bonchev–Trinajstić information content (AvgIpc) is 3.00. The lowest BCUT2D eigenvalue weighted by molar-refractivity contribution is -0.0599. The summed E-state index contributed by atoms with van der Waals surface area (Å²) in [5.41, 5.74) is 0.229. The molecule has 2 aliphatic heterocycles. The number of nitrogens with zero attached hydrogens (tertiary/aromatic N) is 1. The maximum atomic E-state index is 13.4. The van der Waals surface area contributed by atoms with Crippen LogP contribution in [0, 0.1) is 5.41 Å². The zero-order chi connectivity index (χ0) is 17.5. The van der Waals surface area contributed by atoms with Gasteiger partial charge in [0.1, 0.15) is 12.3 Å². The Morgan fingerprint density at radius 2 is 2.00 bits per heavy atom. The first-order valence-corrected chi connectivity index (χ1v) is 10.2. The molecule has 3 atom stereocenters. The zero-order valence-electron chi connectivity index (χ0n) is 14.0. The molecule has 2 fully saturated rings. The van der Waals surface area contributed by atoms with Crippen LogP contribution in [-0.2, 0) is 18.3 Å². The van der Waals surface area contributed by atoms with E-state index in [4.69, 9.17) is 37.0 Å². The molecule has 0 radical (unpaired) electrons. The van der Waals surface area contributed by atoms with E-state index in [9.17, 15) is 4.57 Å². The van der Waals surface area contributed by atoms with Crippen molar-refractivity contribution in [3.05, 3.63) is 33.8 Å². The van der Waals surface area contributed by atoms with Gasteiger partial charge in [0.25, 0.3) is 0 Å². The van der Waals surface area contributed by atoms with Crippen molar-refractivity contribution < 1.29 is 18.3 Å². The van der Waals surface area contributed by atoms with Gasteiger partial charge < -0.3 is 4.74 Å². The van der Waals surface area contributed by atoms with Gasteiger partial charge >= 0.3 is 7.75 Å². The number of halogens is 2. The fourth-order valence-electron chi connectivity index (χ4n) is 3.21. The SMILES string of the molecule is COC1CCCN1P1(=O)OCC(C)(C)C(c2c(Cl)cccc2Cl)O1. The molecule has 0 saturated carbocycles. The summed E-state index contributed by atoms with van der Waals surface area (Å²) in [6.07, 6.45) is 0.889. The average molecular weight is 394 g/mol. The van der Waals surface area contributed by atoms with Crippen molar-refractivity contribution in [1.82, 2.24) is 4.67 Å². The lowest BCUT2D eigenvalue weighted by Gasteiger charge is -2.44. The molecular formula is C16H22Cl2NO4P. The molecule has 8 heteroatoms. The summed E-state index contributed by atoms with van der Waals surface area (Å²) in [6, 6.07) is 5.30. The van der Waals surface area contributed by atoms with Gasteiger partial charge in [0, 0.05) is 34.7 Å². The molecule has 1 aromatic rings. The first kappa shape index (κ1) is 18.7. The van der Waals surface area contributed by atoms with E-state index in [1.165, 1.54) is 0 Å². The number of ether oxygens (including phenoxy) is 1. The highest BCUT2D eigenvalue weighted by molar-refractivity contribution is 7.51. The van der Waals surface area contributed by atoms with Crippen LogP contribution >= 0.6 is 30.9 Å². The highest BCUT2D eigenvalue weighted by Crippen LogP contribution is 2.65. The standard InChI is InChI=1S/C16H22Cl2NO4P/c1-16(2)10-22-24(20,19-9-5-8-13(19)21-3)23-15(16)14-11(17)6-4-7-12(14)18/h4,6-7,13,15H,5,8-10H2,1-3H3. The molecule has 0 aliphatic carbocycles. The minimum Gasteiger partial charge on any atom is -0.366 e. The van der Waals surface area contributed by atoms with Gasteiger partial charge in [0.2, 0.25) is 0 Å². The third-order valence-corrected chi connectivity index (χ3v) is 7.25. The molecule has 134 valence electrons. The fraction of sp³-hybridized carbons (Fsp3) is 0.625. The Balaban J connectivity index is 1.98. The molecule has 2 aliphatic rings. The normalized spacial score (nSPS) is 33.7. The third-order valence-electron chi connectivity index (χ3n) is 4.57. The Morgan fingerprint density at radius 3 is 2.62 bits per heavy atom. The maximum absolute atomic E-state index is 13.4. The van der Waals surface area contributed by atoms with Crippen LogP contribution in [0.5, 0.6) is 0 Å². The van der Waals surface area contributed by atoms with Crippen molar-refractivity contribution in [2.75, 3.05) is 20.3 Å². The summed E-state index contributed by atoms with van der Waals surface area (Å²) in [6.45, 7) is 4.86. The van der Waals surface area contributed by atoms with Gasteiger partial charge in [-0.2, -0.15) is 4.67 Å². The van der Waals surface area contributed by atoms with Crippen molar-refractivity contribution in [1.29, 1.82) is 0 Å². The molecular weight excluding hydrogens is 372 g/mol. The lowest BCUT2D eigenvalue weighted by Crippen LogP contribution is -2.39. The molecule has 24 heavy (non-hydrogen) atoms. The molecule has 1 aromatic carbocycles. The minimum atomic E-state index is -3.48. The van der Waals surface area contributed by atoms with E-state index in [1.54, 1.807) is 30.0 Å². The Bertz CT molecular complexity index is 649. The van der Waals surface area contributed by atoms with Gasteiger partial charge in [0.15, 0.2) is 0 Å². The quantitative estimate of drug-likeness (QED) is 0.653. The summed E-state index contributed by atoms with van der Waals surface area (Å²) >= 11 is 12.7. The number of hydrogen-bond acceptors (Lipinski definition) is 4. The van der Waals surface area contributed by atoms with Gasteiger partial charge in [-0.1, -0.05) is 43.1 Å². The largest absolute Gasteiger partial charge is 0.410 e. The molecule has 2 heterocycles. The molecule has 3 rings (SSSR count). The number of hydrogen-bond donors (Lipinski definition) is 0. The zero-order valence-corrected chi connectivity index (χ0v) is 16.4. The van der Waals surface area contributed by atoms with Crippen molar-refractivity contribution in [2.24, 2.45) is 5.41 Å². The highest BCUT2D eigenvalue weighted by Gasteiger charge is 2.52. The monoisotopic (exact) mass is 393 g/mol. The van der Waals surface area contributed by atoms with E-state index >= 15 is 0 Å². The highest BCUT2D eigenvalue weighted by atomic mass is 35.5. The van der Waals surface area contributed by atoms with Gasteiger partial charge in [-0.05, 0) is 25.0 Å². The molecule has 5 nitrogen and oxygen atoms in total. The van der Waals surface area contributed by atoms with E-state index in [0.29, 0.717) is 22.2 Å². The number of methoxy groups -OCH3 is 1. The van der Waals surface area contributed by atoms with Crippen LogP contribution in [0.15, 0.2) is 18.2 Å². The van der Waals surface area contributed by atoms with Gasteiger partial charge in [-0.15, -0.1) is 0 Å². The first-order chi connectivity index (χ1) is 11.3. The van der Waals surface area contributed by atoms with Crippen molar-refractivity contribution in [3.63, 3.8) is 0 Å². The summed E-state index contributed by atoms with van der Waals surface area (Å²) in [7, 11) is -1.88. The smallest absolute Gasteiger partial charge is 0.366 e. The van der Waals surface area contributed by atoms with E-state index in [-0.39, 0.29) is 12.8 Å². The molecule has 0 N–H and O–H groups in total. The summed E-state index contributed by atoms with van der Waals surface area (Å²) in [4.78, 5) is 0. The topological polar surface area (TPSA) is 48.0 Å². The van der Waals surface area contributed by atoms with Crippen LogP contribution in [0.4, 0.5) is 0 Å². The van der Waals surface area contributed by atoms with E-state index < -0.39 is 19.3 Å². The van der Waals surface area contributed by atoms with E-state index in [1.807, 2.05) is 13.8 Å². The van der Waals surface area contributed by atoms with Crippen molar-refractivity contribution in [3.8, 4) is 0 Å². The van der Waals surface area contributed by atoms with Crippen LogP contribution in [0.1, 0.15) is 38.4 Å². The summed E-state index contributed by atoms with van der Waals surface area (Å²) in [5.74, 6) is 0. The van der Waals surface area contributed by atoms with Crippen LogP contribution < -0.4 is 0 Å². The molecule has 2 saturated heterocycles. The Hall–Kier alpha value is -0.130. The first-order valence-electron chi connectivity index (χ1n) is 7.95. The van der Waals surface area contributed by atoms with Crippen LogP contribution in [0.25, 0.3) is 0 Å². The van der Waals surface area contributed by atoms with Gasteiger partial charge in [-0.3, -0.25) is 9.05 Å². The van der Waals surface area contributed by atoms with Crippen molar-refractivity contribution in [2.45, 2.75) is 39.0 Å². The molecule has 3 unspecified atom stereocenters. The molecule has 0 bridgehead atoms. The minimum absolute atomic E-state index is 0.264. The molecule has 0 spiro atoms. The Kier molecular flexibility index (Phi) is 5.35. The lowest BCUT2D eigenvalue weighted by atomic mass is 9.83. The second-order valence-electron chi connectivity index (χ2n) is 6.85. The van der Waals surface area contributed by atoms with E-state index in [0.717, 1.165) is 12.8 Å².